The third-order valence-corrected chi connectivity index (χ3v) is 7.18. The number of ether oxygens (including phenoxy) is 1. The molecular weight excluding hydrogens is 436 g/mol. The number of anilines is 1. The summed E-state index contributed by atoms with van der Waals surface area (Å²) in [4.78, 5) is 25.4. The van der Waals surface area contributed by atoms with Crippen molar-refractivity contribution >= 4 is 38.4 Å². The SMILES string of the molecule is CC(=O)SCC(=O)c1ccc(NS(=O)(=O)c2ccc(OC3CCN(C)CC3)cc2)cc1. The minimum absolute atomic E-state index is 0.0619. The zero-order chi connectivity index (χ0) is 22.4. The predicted molar refractivity (Wildman–Crippen MR) is 122 cm³/mol. The average Bonchev–Trinajstić information content (AvgIpc) is 2.74. The Morgan fingerprint density at radius 3 is 2.26 bits per heavy atom. The van der Waals surface area contributed by atoms with E-state index in [9.17, 15) is 18.0 Å². The molecule has 1 N–H and O–H groups in total. The first-order chi connectivity index (χ1) is 14.7. The topological polar surface area (TPSA) is 92.8 Å². The Hall–Kier alpha value is -2.36. The number of hydrogen-bond acceptors (Lipinski definition) is 7. The van der Waals surface area contributed by atoms with Crippen molar-refractivity contribution < 1.29 is 22.7 Å². The van der Waals surface area contributed by atoms with Crippen LogP contribution < -0.4 is 9.46 Å². The first-order valence-electron chi connectivity index (χ1n) is 9.97. The minimum Gasteiger partial charge on any atom is -0.490 e. The van der Waals surface area contributed by atoms with Crippen LogP contribution in [-0.4, -0.2) is 56.2 Å². The van der Waals surface area contributed by atoms with E-state index in [1.54, 1.807) is 24.3 Å². The zero-order valence-electron chi connectivity index (χ0n) is 17.5. The van der Waals surface area contributed by atoms with Crippen LogP contribution in [0.5, 0.6) is 5.75 Å². The fourth-order valence-electron chi connectivity index (χ4n) is 3.18. The van der Waals surface area contributed by atoms with Gasteiger partial charge in [-0.1, -0.05) is 11.8 Å². The smallest absolute Gasteiger partial charge is 0.261 e. The summed E-state index contributed by atoms with van der Waals surface area (Å²) in [5.74, 6) is 0.529. The van der Waals surface area contributed by atoms with Gasteiger partial charge in [0, 0.05) is 31.3 Å². The van der Waals surface area contributed by atoms with E-state index < -0.39 is 10.0 Å². The largest absolute Gasteiger partial charge is 0.490 e. The van der Waals surface area contributed by atoms with Crippen molar-refractivity contribution in [2.24, 2.45) is 0 Å². The molecule has 0 atom stereocenters. The van der Waals surface area contributed by atoms with Gasteiger partial charge in [0.05, 0.1) is 10.6 Å². The van der Waals surface area contributed by atoms with Crippen molar-refractivity contribution in [1.29, 1.82) is 0 Å². The highest BCUT2D eigenvalue weighted by molar-refractivity contribution is 8.14. The van der Waals surface area contributed by atoms with E-state index in [0.717, 1.165) is 37.7 Å². The molecule has 31 heavy (non-hydrogen) atoms. The van der Waals surface area contributed by atoms with Crippen LogP contribution in [0.4, 0.5) is 5.69 Å². The Labute approximate surface area is 187 Å². The number of likely N-dealkylation sites (tertiary alicyclic amines) is 1. The van der Waals surface area contributed by atoms with Crippen LogP contribution in [0.15, 0.2) is 53.4 Å². The Morgan fingerprint density at radius 2 is 1.68 bits per heavy atom. The number of piperidine rings is 1. The molecule has 1 aliphatic heterocycles. The summed E-state index contributed by atoms with van der Waals surface area (Å²) in [6, 6.07) is 12.5. The number of thioether (sulfide) groups is 1. The van der Waals surface area contributed by atoms with E-state index in [1.807, 2.05) is 0 Å². The minimum atomic E-state index is -3.77. The molecule has 0 amide bonds. The molecule has 0 unspecified atom stereocenters. The number of nitrogens with zero attached hydrogens (tertiary/aromatic N) is 1. The Morgan fingerprint density at radius 1 is 1.06 bits per heavy atom. The number of benzene rings is 2. The number of carbonyl (C=O) groups excluding carboxylic acids is 2. The molecular formula is C22H26N2O5S2. The lowest BCUT2D eigenvalue weighted by Crippen LogP contribution is -2.35. The summed E-state index contributed by atoms with van der Waals surface area (Å²) in [7, 11) is -1.69. The van der Waals surface area contributed by atoms with Crippen molar-refractivity contribution in [3.63, 3.8) is 0 Å². The lowest BCUT2D eigenvalue weighted by molar-refractivity contribution is -0.109. The molecule has 0 aliphatic carbocycles. The average molecular weight is 463 g/mol. The van der Waals surface area contributed by atoms with Gasteiger partial charge in [-0.2, -0.15) is 0 Å². The lowest BCUT2D eigenvalue weighted by Gasteiger charge is -2.29. The maximum absolute atomic E-state index is 12.7. The zero-order valence-corrected chi connectivity index (χ0v) is 19.2. The van der Waals surface area contributed by atoms with Crippen LogP contribution in [0, 0.1) is 0 Å². The third-order valence-electron chi connectivity index (χ3n) is 4.97. The Kier molecular flexibility index (Phi) is 7.74. The van der Waals surface area contributed by atoms with Gasteiger partial charge in [0.1, 0.15) is 11.9 Å². The van der Waals surface area contributed by atoms with Gasteiger partial charge >= 0.3 is 0 Å². The number of sulfonamides is 1. The van der Waals surface area contributed by atoms with Crippen LogP contribution in [0.1, 0.15) is 30.1 Å². The van der Waals surface area contributed by atoms with Gasteiger partial charge in [-0.25, -0.2) is 8.42 Å². The van der Waals surface area contributed by atoms with Gasteiger partial charge in [0.25, 0.3) is 10.0 Å². The molecule has 2 aromatic rings. The summed E-state index contributed by atoms with van der Waals surface area (Å²) < 4.78 is 33.8. The van der Waals surface area contributed by atoms with E-state index in [0.29, 0.717) is 17.0 Å². The maximum atomic E-state index is 12.7. The number of rotatable bonds is 8. The molecule has 1 saturated heterocycles. The van der Waals surface area contributed by atoms with Gasteiger partial charge in [-0.05, 0) is 68.4 Å². The number of hydrogen-bond donors (Lipinski definition) is 1. The fraction of sp³-hybridized carbons (Fsp3) is 0.364. The third kappa shape index (κ3) is 6.81. The Balaban J connectivity index is 1.60. The van der Waals surface area contributed by atoms with E-state index in [-0.39, 0.29) is 27.7 Å². The number of Topliss-reactive ketones (excluding diaryl/α,β-unsaturated/α-hetero) is 1. The van der Waals surface area contributed by atoms with Crippen LogP contribution in [0.25, 0.3) is 0 Å². The first kappa shape index (κ1) is 23.3. The highest BCUT2D eigenvalue weighted by atomic mass is 32.2. The molecule has 7 nitrogen and oxygen atoms in total. The van der Waals surface area contributed by atoms with E-state index in [2.05, 4.69) is 16.7 Å². The van der Waals surface area contributed by atoms with E-state index in [1.165, 1.54) is 31.2 Å². The van der Waals surface area contributed by atoms with Crippen molar-refractivity contribution in [2.75, 3.05) is 30.6 Å². The summed E-state index contributed by atoms with van der Waals surface area (Å²) in [5.41, 5.74) is 0.773. The molecule has 0 bridgehead atoms. The lowest BCUT2D eigenvalue weighted by atomic mass is 10.1. The second-order valence-electron chi connectivity index (χ2n) is 7.48. The molecule has 2 aromatic carbocycles. The summed E-state index contributed by atoms with van der Waals surface area (Å²) >= 11 is 0.945. The predicted octanol–water partition coefficient (Wildman–Crippen LogP) is 3.42. The molecule has 9 heteroatoms. The maximum Gasteiger partial charge on any atom is 0.261 e. The van der Waals surface area contributed by atoms with Crippen LogP contribution >= 0.6 is 11.8 Å². The molecule has 1 aliphatic rings. The van der Waals surface area contributed by atoms with Gasteiger partial charge in [0.2, 0.25) is 0 Å². The van der Waals surface area contributed by atoms with Gasteiger partial charge in [-0.15, -0.1) is 0 Å². The molecule has 1 heterocycles. The van der Waals surface area contributed by atoms with Crippen LogP contribution in [-0.2, 0) is 14.8 Å². The van der Waals surface area contributed by atoms with Gasteiger partial charge in [0.15, 0.2) is 10.9 Å². The quantitative estimate of drug-likeness (QED) is 0.601. The highest BCUT2D eigenvalue weighted by Crippen LogP contribution is 2.22. The second-order valence-corrected chi connectivity index (χ2v) is 10.3. The fourth-order valence-corrected chi connectivity index (χ4v) is 4.74. The molecule has 0 radical (unpaired) electrons. The number of ketones is 1. The monoisotopic (exact) mass is 462 g/mol. The highest BCUT2D eigenvalue weighted by Gasteiger charge is 2.19. The van der Waals surface area contributed by atoms with Crippen LogP contribution in [0.2, 0.25) is 0 Å². The van der Waals surface area contributed by atoms with Crippen molar-refractivity contribution in [1.82, 2.24) is 4.90 Å². The second kappa shape index (κ2) is 10.3. The van der Waals surface area contributed by atoms with E-state index >= 15 is 0 Å². The number of nitrogens with one attached hydrogen (secondary N) is 1. The summed E-state index contributed by atoms with van der Waals surface area (Å²) in [5, 5.41) is -0.125. The molecule has 0 aromatic heterocycles. The molecule has 0 saturated carbocycles. The van der Waals surface area contributed by atoms with Crippen molar-refractivity contribution in [2.45, 2.75) is 30.8 Å². The van der Waals surface area contributed by atoms with Crippen molar-refractivity contribution in [3.05, 3.63) is 54.1 Å². The molecule has 3 rings (SSSR count). The molecule has 166 valence electrons. The normalized spacial score (nSPS) is 15.4. The number of carbonyl (C=O) groups is 2. The standard InChI is InChI=1S/C22H26N2O5S2/c1-16(25)30-15-22(26)17-3-5-18(6-4-17)23-31(27,28)21-9-7-19(8-10-21)29-20-11-13-24(2)14-12-20/h3-10,20,23H,11-15H2,1-2H3. The van der Waals surface area contributed by atoms with Gasteiger partial charge in [-0.3, -0.25) is 14.3 Å². The first-order valence-corrected chi connectivity index (χ1v) is 12.4. The molecule has 1 fully saturated rings. The Bertz CT molecular complexity index is 1010. The summed E-state index contributed by atoms with van der Waals surface area (Å²) in [6.45, 7) is 3.38. The van der Waals surface area contributed by atoms with Crippen LogP contribution in [0.3, 0.4) is 0 Å². The van der Waals surface area contributed by atoms with E-state index in [4.69, 9.17) is 4.74 Å². The van der Waals surface area contributed by atoms with Gasteiger partial charge < -0.3 is 9.64 Å². The molecule has 0 spiro atoms. The van der Waals surface area contributed by atoms with Crippen molar-refractivity contribution in [3.8, 4) is 5.75 Å². The summed E-state index contributed by atoms with van der Waals surface area (Å²) in [6.07, 6.45) is 2.04.